The van der Waals surface area contributed by atoms with E-state index in [0.29, 0.717) is 11.7 Å². The molecule has 0 heterocycles. The van der Waals surface area contributed by atoms with Crippen LogP contribution in [-0.2, 0) is 0 Å². The number of ether oxygens (including phenoxy) is 1. The van der Waals surface area contributed by atoms with E-state index in [1.807, 2.05) is 24.3 Å². The smallest absolute Gasteiger partial charge is 0.127 e. The van der Waals surface area contributed by atoms with E-state index < -0.39 is 5.82 Å². The molecule has 3 heteroatoms. The van der Waals surface area contributed by atoms with Gasteiger partial charge in [-0.25, -0.2) is 4.39 Å². The Morgan fingerprint density at radius 3 is 2.61 bits per heavy atom. The molecule has 1 fully saturated rings. The molecule has 0 unspecified atom stereocenters. The van der Waals surface area contributed by atoms with Crippen LogP contribution in [0.5, 0.6) is 11.5 Å². The van der Waals surface area contributed by atoms with Gasteiger partial charge in [0.25, 0.3) is 0 Å². The fourth-order valence-electron chi connectivity index (χ4n) is 1.87. The van der Waals surface area contributed by atoms with Crippen molar-refractivity contribution in [1.82, 2.24) is 0 Å². The van der Waals surface area contributed by atoms with Crippen molar-refractivity contribution in [2.45, 2.75) is 18.9 Å². The summed E-state index contributed by atoms with van der Waals surface area (Å²) < 4.78 is 18.9. The van der Waals surface area contributed by atoms with Gasteiger partial charge in [0, 0.05) is 6.07 Å². The molecule has 1 saturated carbocycles. The maximum absolute atomic E-state index is 13.2. The van der Waals surface area contributed by atoms with Gasteiger partial charge in [-0.15, -0.1) is 0 Å². The molecule has 18 heavy (non-hydrogen) atoms. The largest absolute Gasteiger partial charge is 0.508 e. The number of benzene rings is 2. The minimum absolute atomic E-state index is 0.0708. The standard InChI is InChI=1S/C15H13FO2/c16-12-6-11(7-13(17)9-12)10-2-1-3-15(8-10)18-14-4-5-14/h1-3,6-9,14,17H,4-5H2. The summed E-state index contributed by atoms with van der Waals surface area (Å²) in [5, 5.41) is 9.41. The van der Waals surface area contributed by atoms with E-state index >= 15 is 0 Å². The summed E-state index contributed by atoms with van der Waals surface area (Å²) in [5.74, 6) is 0.274. The van der Waals surface area contributed by atoms with Crippen molar-refractivity contribution in [3.63, 3.8) is 0 Å². The van der Waals surface area contributed by atoms with Crippen molar-refractivity contribution in [2.75, 3.05) is 0 Å². The third-order valence-corrected chi connectivity index (χ3v) is 2.88. The predicted octanol–water partition coefficient (Wildman–Crippen LogP) is 3.74. The fourth-order valence-corrected chi connectivity index (χ4v) is 1.87. The number of phenols is 1. The summed E-state index contributed by atoms with van der Waals surface area (Å²) in [5.41, 5.74) is 1.48. The lowest BCUT2D eigenvalue weighted by molar-refractivity contribution is 0.303. The number of halogens is 1. The average Bonchev–Trinajstić information content (AvgIpc) is 3.12. The molecule has 2 aromatic carbocycles. The minimum Gasteiger partial charge on any atom is -0.508 e. The first-order valence-electron chi connectivity index (χ1n) is 5.97. The molecule has 1 aliphatic carbocycles. The van der Waals surface area contributed by atoms with Gasteiger partial charge in [-0.2, -0.15) is 0 Å². The Bertz CT molecular complexity index is 556. The molecule has 3 rings (SSSR count). The van der Waals surface area contributed by atoms with E-state index in [1.165, 1.54) is 6.07 Å². The van der Waals surface area contributed by atoms with Gasteiger partial charge < -0.3 is 9.84 Å². The van der Waals surface area contributed by atoms with Crippen LogP contribution < -0.4 is 4.74 Å². The Kier molecular flexibility index (Phi) is 2.67. The first-order valence-corrected chi connectivity index (χ1v) is 5.97. The maximum atomic E-state index is 13.2. The third-order valence-electron chi connectivity index (χ3n) is 2.88. The van der Waals surface area contributed by atoms with E-state index in [-0.39, 0.29) is 5.75 Å². The lowest BCUT2D eigenvalue weighted by Gasteiger charge is -2.07. The summed E-state index contributed by atoms with van der Waals surface area (Å²) in [4.78, 5) is 0. The van der Waals surface area contributed by atoms with Crippen LogP contribution in [0.2, 0.25) is 0 Å². The van der Waals surface area contributed by atoms with Crippen LogP contribution in [0.4, 0.5) is 4.39 Å². The molecule has 92 valence electrons. The Hall–Kier alpha value is -2.03. The molecule has 2 aromatic rings. The minimum atomic E-state index is -0.446. The fraction of sp³-hybridized carbons (Fsp3) is 0.200. The van der Waals surface area contributed by atoms with Crippen molar-refractivity contribution in [1.29, 1.82) is 0 Å². The zero-order chi connectivity index (χ0) is 12.5. The molecule has 0 bridgehead atoms. The van der Waals surface area contributed by atoms with Crippen molar-refractivity contribution in [2.24, 2.45) is 0 Å². The van der Waals surface area contributed by atoms with Crippen molar-refractivity contribution in [3.8, 4) is 22.6 Å². The Labute approximate surface area is 105 Å². The van der Waals surface area contributed by atoms with Crippen LogP contribution in [0.3, 0.4) is 0 Å². The van der Waals surface area contributed by atoms with E-state index in [9.17, 15) is 9.50 Å². The van der Waals surface area contributed by atoms with Gasteiger partial charge in [0.05, 0.1) is 6.10 Å². The summed E-state index contributed by atoms with van der Waals surface area (Å²) in [6.45, 7) is 0. The molecule has 0 radical (unpaired) electrons. The first-order chi connectivity index (χ1) is 8.70. The molecule has 2 nitrogen and oxygen atoms in total. The second-order valence-electron chi connectivity index (χ2n) is 4.54. The molecular formula is C15H13FO2. The normalized spacial score (nSPS) is 14.5. The predicted molar refractivity (Wildman–Crippen MR) is 67.2 cm³/mol. The average molecular weight is 244 g/mol. The highest BCUT2D eigenvalue weighted by Crippen LogP contribution is 2.31. The SMILES string of the molecule is Oc1cc(F)cc(-c2cccc(OC3CC3)c2)c1. The zero-order valence-electron chi connectivity index (χ0n) is 9.77. The molecule has 1 N–H and O–H groups in total. The van der Waals surface area contributed by atoms with Gasteiger partial charge >= 0.3 is 0 Å². The van der Waals surface area contributed by atoms with Crippen LogP contribution in [0, 0.1) is 5.82 Å². The lowest BCUT2D eigenvalue weighted by atomic mass is 10.1. The summed E-state index contributed by atoms with van der Waals surface area (Å²) >= 11 is 0. The second-order valence-corrected chi connectivity index (χ2v) is 4.54. The third kappa shape index (κ3) is 2.45. The highest BCUT2D eigenvalue weighted by Gasteiger charge is 2.23. The maximum Gasteiger partial charge on any atom is 0.127 e. The van der Waals surface area contributed by atoms with E-state index in [1.54, 1.807) is 6.07 Å². The lowest BCUT2D eigenvalue weighted by Crippen LogP contribution is -1.95. The molecule has 0 atom stereocenters. The highest BCUT2D eigenvalue weighted by molar-refractivity contribution is 5.66. The molecule has 0 aromatic heterocycles. The number of aromatic hydroxyl groups is 1. The van der Waals surface area contributed by atoms with Gasteiger partial charge in [-0.3, -0.25) is 0 Å². The summed E-state index contributed by atoms with van der Waals surface area (Å²) in [6, 6.07) is 11.5. The monoisotopic (exact) mass is 244 g/mol. The van der Waals surface area contributed by atoms with Crippen molar-refractivity contribution in [3.05, 3.63) is 48.3 Å². The van der Waals surface area contributed by atoms with E-state index in [4.69, 9.17) is 4.74 Å². The van der Waals surface area contributed by atoms with E-state index in [2.05, 4.69) is 0 Å². The number of hydrogen-bond acceptors (Lipinski definition) is 2. The Morgan fingerprint density at radius 1 is 1.06 bits per heavy atom. The topological polar surface area (TPSA) is 29.5 Å². The van der Waals surface area contributed by atoms with Gasteiger partial charge in [0.2, 0.25) is 0 Å². The Balaban J connectivity index is 1.94. The van der Waals surface area contributed by atoms with Crippen molar-refractivity contribution < 1.29 is 14.2 Å². The second kappa shape index (κ2) is 4.33. The first kappa shape index (κ1) is 11.1. The van der Waals surface area contributed by atoms with Crippen LogP contribution in [0.25, 0.3) is 11.1 Å². The van der Waals surface area contributed by atoms with E-state index in [0.717, 1.165) is 30.2 Å². The van der Waals surface area contributed by atoms with Crippen LogP contribution >= 0.6 is 0 Å². The number of rotatable bonds is 3. The Morgan fingerprint density at radius 2 is 1.89 bits per heavy atom. The van der Waals surface area contributed by atoms with Crippen LogP contribution in [0.15, 0.2) is 42.5 Å². The number of hydrogen-bond donors (Lipinski definition) is 1. The van der Waals surface area contributed by atoms with Crippen LogP contribution in [0.1, 0.15) is 12.8 Å². The summed E-state index contributed by atoms with van der Waals surface area (Å²) in [7, 11) is 0. The summed E-state index contributed by atoms with van der Waals surface area (Å²) in [6.07, 6.45) is 2.54. The van der Waals surface area contributed by atoms with Crippen LogP contribution in [-0.4, -0.2) is 11.2 Å². The molecular weight excluding hydrogens is 231 g/mol. The highest BCUT2D eigenvalue weighted by atomic mass is 19.1. The zero-order valence-corrected chi connectivity index (χ0v) is 9.77. The number of phenolic OH excluding ortho intramolecular Hbond substituents is 1. The molecule has 0 saturated heterocycles. The molecule has 0 spiro atoms. The van der Waals surface area contributed by atoms with Gasteiger partial charge in [-0.1, -0.05) is 12.1 Å². The molecule has 0 aliphatic heterocycles. The van der Waals surface area contributed by atoms with Gasteiger partial charge in [-0.05, 0) is 48.2 Å². The van der Waals surface area contributed by atoms with Gasteiger partial charge in [0.1, 0.15) is 17.3 Å². The molecule has 1 aliphatic rings. The van der Waals surface area contributed by atoms with Crippen molar-refractivity contribution >= 4 is 0 Å². The quantitative estimate of drug-likeness (QED) is 0.891. The molecule has 0 amide bonds. The van der Waals surface area contributed by atoms with Gasteiger partial charge in [0.15, 0.2) is 0 Å².